The van der Waals surface area contributed by atoms with Gasteiger partial charge in [-0.05, 0) is 12.8 Å². The summed E-state index contributed by atoms with van der Waals surface area (Å²) >= 11 is 0. The highest BCUT2D eigenvalue weighted by Gasteiger charge is 2.19. The molecule has 0 saturated carbocycles. The molecule has 8 heteroatoms. The zero-order chi connectivity index (χ0) is 16.5. The Balaban J connectivity index is 2.41. The third kappa shape index (κ3) is 6.21. The maximum absolute atomic E-state index is 11.8. The molecule has 8 nitrogen and oxygen atoms in total. The van der Waals surface area contributed by atoms with E-state index in [2.05, 4.69) is 10.6 Å². The molecule has 0 aliphatic heterocycles. The maximum atomic E-state index is 11.8. The summed E-state index contributed by atoms with van der Waals surface area (Å²) in [6.45, 7) is 0.568. The summed E-state index contributed by atoms with van der Waals surface area (Å²) < 4.78 is 0. The van der Waals surface area contributed by atoms with Crippen molar-refractivity contribution in [1.82, 2.24) is 10.6 Å². The van der Waals surface area contributed by atoms with Crippen molar-refractivity contribution in [2.75, 3.05) is 13.1 Å². The molecule has 0 heterocycles. The van der Waals surface area contributed by atoms with Gasteiger partial charge in [-0.1, -0.05) is 0 Å². The summed E-state index contributed by atoms with van der Waals surface area (Å²) in [4.78, 5) is 44.3. The van der Waals surface area contributed by atoms with Gasteiger partial charge in [0, 0.05) is 38.1 Å². The van der Waals surface area contributed by atoms with Crippen LogP contribution in [0.15, 0.2) is 23.5 Å². The van der Waals surface area contributed by atoms with Gasteiger partial charge in [0.2, 0.25) is 11.6 Å². The Hall–Kier alpha value is -2.64. The first-order valence-electron chi connectivity index (χ1n) is 6.83. The fraction of sp³-hybridized carbons (Fsp3) is 0.429. The number of ketones is 2. The molecule has 0 fully saturated rings. The first-order chi connectivity index (χ1) is 10.4. The van der Waals surface area contributed by atoms with Crippen molar-refractivity contribution in [2.45, 2.75) is 25.7 Å². The Kier molecular flexibility index (Phi) is 6.81. The molecule has 0 aromatic heterocycles. The van der Waals surface area contributed by atoms with E-state index in [0.717, 1.165) is 12.2 Å². The van der Waals surface area contributed by atoms with Crippen molar-refractivity contribution in [3.63, 3.8) is 0 Å². The summed E-state index contributed by atoms with van der Waals surface area (Å²) in [6.07, 6.45) is 2.96. The van der Waals surface area contributed by atoms with E-state index in [0.29, 0.717) is 12.8 Å². The molecule has 0 spiro atoms. The Morgan fingerprint density at radius 2 is 1.18 bits per heavy atom. The van der Waals surface area contributed by atoms with Gasteiger partial charge in [0.15, 0.2) is 0 Å². The third-order valence-corrected chi connectivity index (χ3v) is 2.85. The number of carbonyl (C=O) groups is 4. The lowest BCUT2D eigenvalue weighted by Crippen LogP contribution is -2.30. The molecule has 1 rings (SSSR count). The Labute approximate surface area is 126 Å². The lowest BCUT2D eigenvalue weighted by atomic mass is 10.1. The van der Waals surface area contributed by atoms with Crippen LogP contribution in [0.2, 0.25) is 0 Å². The van der Waals surface area contributed by atoms with Gasteiger partial charge in [-0.15, -0.1) is 0 Å². The number of allylic oxidation sites excluding steroid dienone is 2. The topological polar surface area (TPSA) is 133 Å². The summed E-state index contributed by atoms with van der Waals surface area (Å²) in [7, 11) is 0. The van der Waals surface area contributed by atoms with Crippen LogP contribution in [-0.2, 0) is 19.2 Å². The summed E-state index contributed by atoms with van der Waals surface area (Å²) in [5, 5.41) is 22.5. The predicted molar refractivity (Wildman–Crippen MR) is 75.9 cm³/mol. The summed E-state index contributed by atoms with van der Waals surface area (Å²) in [5.74, 6) is -2.60. The van der Waals surface area contributed by atoms with Crippen LogP contribution >= 0.6 is 0 Å². The highest BCUT2D eigenvalue weighted by atomic mass is 16.4. The lowest BCUT2D eigenvalue weighted by molar-refractivity contribution is -0.138. The fourth-order valence-electron chi connectivity index (χ4n) is 1.76. The van der Waals surface area contributed by atoms with Gasteiger partial charge < -0.3 is 20.8 Å². The number of carboxylic acids is 2. The zero-order valence-corrected chi connectivity index (χ0v) is 11.9. The molecule has 1 aliphatic rings. The second-order valence-electron chi connectivity index (χ2n) is 4.69. The molecule has 0 unspecified atom stereocenters. The lowest BCUT2D eigenvalue weighted by Gasteiger charge is -2.15. The van der Waals surface area contributed by atoms with E-state index in [1.165, 1.54) is 0 Å². The Morgan fingerprint density at radius 3 is 1.50 bits per heavy atom. The van der Waals surface area contributed by atoms with Crippen LogP contribution in [0.25, 0.3) is 0 Å². The molecule has 4 N–H and O–H groups in total. The number of rotatable bonds is 10. The molecule has 0 aromatic carbocycles. The molecular formula is C14H18N2O6. The largest absolute Gasteiger partial charge is 0.481 e. The minimum absolute atomic E-state index is 0.0192. The fourth-order valence-corrected chi connectivity index (χ4v) is 1.76. The second kappa shape index (κ2) is 8.60. The first-order valence-corrected chi connectivity index (χ1v) is 6.83. The molecule has 0 aromatic rings. The van der Waals surface area contributed by atoms with Gasteiger partial charge in [0.1, 0.15) is 0 Å². The van der Waals surface area contributed by atoms with Gasteiger partial charge in [-0.2, -0.15) is 0 Å². The van der Waals surface area contributed by atoms with Crippen LogP contribution in [0.1, 0.15) is 25.7 Å². The SMILES string of the molecule is O=C(O)CCCNC1=CC(=O)C(NCCCC(=O)O)=CC1=O. The van der Waals surface area contributed by atoms with Crippen LogP contribution < -0.4 is 10.6 Å². The monoisotopic (exact) mass is 310 g/mol. The molecule has 0 atom stereocenters. The summed E-state index contributed by atoms with van der Waals surface area (Å²) in [5.41, 5.74) is 0.262. The van der Waals surface area contributed by atoms with Crippen molar-refractivity contribution >= 4 is 23.5 Å². The first kappa shape index (κ1) is 17.4. The number of hydrogen-bond acceptors (Lipinski definition) is 6. The average molecular weight is 310 g/mol. The molecule has 1 aliphatic carbocycles. The number of carboxylic acid groups (broad SMARTS) is 2. The highest BCUT2D eigenvalue weighted by Crippen LogP contribution is 2.08. The van der Waals surface area contributed by atoms with Gasteiger partial charge >= 0.3 is 11.9 Å². The van der Waals surface area contributed by atoms with Crippen LogP contribution in [0.3, 0.4) is 0 Å². The van der Waals surface area contributed by atoms with Gasteiger partial charge in [-0.3, -0.25) is 19.2 Å². The standard InChI is InChI=1S/C14H18N2O6/c17-11-8-10(16-6-2-4-14(21)22)12(18)7-9(11)15-5-1-3-13(19)20/h7-8,15-16H,1-6H2,(H,19,20)(H,21,22). The Bertz CT molecular complexity index is 487. The van der Waals surface area contributed by atoms with Crippen LogP contribution in [-0.4, -0.2) is 46.8 Å². The van der Waals surface area contributed by atoms with Crippen molar-refractivity contribution in [2.24, 2.45) is 0 Å². The van der Waals surface area contributed by atoms with E-state index in [9.17, 15) is 19.2 Å². The highest BCUT2D eigenvalue weighted by molar-refractivity contribution is 6.19. The van der Waals surface area contributed by atoms with E-state index >= 15 is 0 Å². The van der Waals surface area contributed by atoms with Crippen molar-refractivity contribution in [1.29, 1.82) is 0 Å². The van der Waals surface area contributed by atoms with Crippen LogP contribution in [0.4, 0.5) is 0 Å². The molecule has 0 radical (unpaired) electrons. The van der Waals surface area contributed by atoms with E-state index in [1.54, 1.807) is 0 Å². The normalized spacial score (nSPS) is 14.2. The number of nitrogens with one attached hydrogen (secondary N) is 2. The number of carbonyl (C=O) groups excluding carboxylic acids is 2. The smallest absolute Gasteiger partial charge is 0.303 e. The van der Waals surface area contributed by atoms with Crippen molar-refractivity contribution in [3.05, 3.63) is 23.5 Å². The van der Waals surface area contributed by atoms with Gasteiger partial charge in [0.25, 0.3) is 0 Å². The minimum Gasteiger partial charge on any atom is -0.481 e. The third-order valence-electron chi connectivity index (χ3n) is 2.85. The Morgan fingerprint density at radius 1 is 0.818 bits per heavy atom. The minimum atomic E-state index is -0.922. The summed E-state index contributed by atoms with van der Waals surface area (Å²) in [6, 6.07) is 0. The quantitative estimate of drug-likeness (QED) is 0.322. The van der Waals surface area contributed by atoms with E-state index in [4.69, 9.17) is 10.2 Å². The van der Waals surface area contributed by atoms with E-state index < -0.39 is 11.9 Å². The van der Waals surface area contributed by atoms with Crippen molar-refractivity contribution in [3.8, 4) is 0 Å². The molecule has 0 bridgehead atoms. The van der Waals surface area contributed by atoms with E-state index in [1.807, 2.05) is 0 Å². The van der Waals surface area contributed by atoms with E-state index in [-0.39, 0.29) is 48.9 Å². The molecule has 22 heavy (non-hydrogen) atoms. The molecular weight excluding hydrogens is 292 g/mol. The van der Waals surface area contributed by atoms with Gasteiger partial charge in [0.05, 0.1) is 11.4 Å². The predicted octanol–water partition coefficient (Wildman–Crippen LogP) is -0.185. The van der Waals surface area contributed by atoms with Gasteiger partial charge in [-0.25, -0.2) is 0 Å². The van der Waals surface area contributed by atoms with Crippen LogP contribution in [0, 0.1) is 0 Å². The average Bonchev–Trinajstić information content (AvgIpc) is 2.43. The maximum Gasteiger partial charge on any atom is 0.303 e. The van der Waals surface area contributed by atoms with Crippen molar-refractivity contribution < 1.29 is 29.4 Å². The number of aliphatic carboxylic acids is 2. The molecule has 0 saturated heterocycles. The molecule has 120 valence electrons. The molecule has 0 amide bonds. The van der Waals surface area contributed by atoms with Crippen LogP contribution in [0.5, 0.6) is 0 Å². The second-order valence-corrected chi connectivity index (χ2v) is 4.69. The zero-order valence-electron chi connectivity index (χ0n) is 11.9. The number of hydrogen-bond donors (Lipinski definition) is 4.